The van der Waals surface area contributed by atoms with Crippen LogP contribution in [0.5, 0.6) is 0 Å². The fraction of sp³-hybridized carbons (Fsp3) is 0.417. The summed E-state index contributed by atoms with van der Waals surface area (Å²) in [5.41, 5.74) is 6.23. The van der Waals surface area contributed by atoms with Crippen molar-refractivity contribution in [2.24, 2.45) is 0 Å². The number of amides is 1. The Morgan fingerprint density at radius 3 is 2.52 bits per heavy atom. The molecule has 0 radical (unpaired) electrons. The Balaban J connectivity index is 2.41. The van der Waals surface area contributed by atoms with Crippen molar-refractivity contribution in [3.8, 4) is 0 Å². The monoisotopic (exact) mass is 318 g/mol. The van der Waals surface area contributed by atoms with Gasteiger partial charge in [-0.25, -0.2) is 9.97 Å². The molecule has 0 bridgehead atoms. The predicted molar refractivity (Wildman–Crippen MR) is 74.1 cm³/mol. The van der Waals surface area contributed by atoms with E-state index in [1.165, 1.54) is 26.2 Å². The molecule has 2 aromatic rings. The van der Waals surface area contributed by atoms with Crippen LogP contribution in [0, 0.1) is 0 Å². The highest BCUT2D eigenvalue weighted by Crippen LogP contribution is 2.32. The van der Waals surface area contributed by atoms with Crippen LogP contribution in [0.3, 0.4) is 0 Å². The number of nitrogens with zero attached hydrogens (tertiary/aromatic N) is 3. The van der Waals surface area contributed by atoms with Crippen molar-refractivity contribution >= 4 is 33.3 Å². The van der Waals surface area contributed by atoms with E-state index in [4.69, 9.17) is 5.73 Å². The molecule has 0 fully saturated rings. The molecule has 0 atom stereocenters. The molecule has 0 unspecified atom stereocenters. The summed E-state index contributed by atoms with van der Waals surface area (Å²) in [6.45, 7) is 1.71. The number of anilines is 1. The van der Waals surface area contributed by atoms with Crippen molar-refractivity contribution in [2.75, 3.05) is 12.3 Å². The molecule has 0 saturated carbocycles. The van der Waals surface area contributed by atoms with Crippen LogP contribution in [0.2, 0.25) is 0 Å². The first-order valence-electron chi connectivity index (χ1n) is 6.07. The third-order valence-corrected chi connectivity index (χ3v) is 3.88. The van der Waals surface area contributed by atoms with Crippen molar-refractivity contribution in [3.63, 3.8) is 0 Å². The summed E-state index contributed by atoms with van der Waals surface area (Å²) in [5.74, 6) is -0.760. The van der Waals surface area contributed by atoms with Gasteiger partial charge in [-0.3, -0.25) is 4.79 Å². The second-order valence-corrected chi connectivity index (χ2v) is 5.70. The number of alkyl halides is 3. The lowest BCUT2D eigenvalue weighted by Crippen LogP contribution is -2.43. The molecule has 0 saturated heterocycles. The molecular formula is C12H13F3N4OS. The van der Waals surface area contributed by atoms with Crippen LogP contribution in [0.15, 0.2) is 12.4 Å². The number of carbonyl (C=O) groups is 1. The average Bonchev–Trinajstić information content (AvgIpc) is 2.72. The van der Waals surface area contributed by atoms with Gasteiger partial charge in [0.25, 0.3) is 5.91 Å². The van der Waals surface area contributed by atoms with Gasteiger partial charge in [0, 0.05) is 18.4 Å². The van der Waals surface area contributed by atoms with Gasteiger partial charge in [-0.1, -0.05) is 0 Å². The van der Waals surface area contributed by atoms with Crippen LogP contribution in [-0.2, 0) is 0 Å². The number of fused-ring (bicyclic) bond motifs is 1. The third kappa shape index (κ3) is 3.23. The summed E-state index contributed by atoms with van der Waals surface area (Å²) in [6.07, 6.45) is -1.63. The standard InChI is InChI=1S/C12H13F3N4OS/c1-6(2)19(5-12(13,14)15)11(20)9-7(16)8-10(21-9)18-4-3-17-8/h3-4,6H,5,16H2,1-2H3. The number of nitrogen functional groups attached to an aromatic ring is 1. The Bertz CT molecular complexity index is 668. The summed E-state index contributed by atoms with van der Waals surface area (Å²) in [4.78, 5) is 21.6. The molecule has 0 aliphatic carbocycles. The highest BCUT2D eigenvalue weighted by molar-refractivity contribution is 7.21. The normalized spacial score (nSPS) is 12.1. The first-order chi connectivity index (χ1) is 9.70. The molecule has 0 spiro atoms. The first-order valence-corrected chi connectivity index (χ1v) is 6.89. The molecule has 9 heteroatoms. The predicted octanol–water partition coefficient (Wildman–Crippen LogP) is 2.69. The van der Waals surface area contributed by atoms with E-state index < -0.39 is 24.7 Å². The van der Waals surface area contributed by atoms with E-state index in [0.29, 0.717) is 10.3 Å². The van der Waals surface area contributed by atoms with Crippen LogP contribution in [0.25, 0.3) is 10.3 Å². The molecule has 2 heterocycles. The van der Waals surface area contributed by atoms with Gasteiger partial charge in [-0.15, -0.1) is 11.3 Å². The van der Waals surface area contributed by atoms with Gasteiger partial charge in [-0.05, 0) is 13.8 Å². The van der Waals surface area contributed by atoms with Crippen LogP contribution < -0.4 is 5.73 Å². The zero-order valence-electron chi connectivity index (χ0n) is 11.3. The van der Waals surface area contributed by atoms with Crippen LogP contribution >= 0.6 is 11.3 Å². The summed E-state index contributed by atoms with van der Waals surface area (Å²) in [7, 11) is 0. The number of nitrogens with two attached hydrogens (primary N) is 1. The summed E-state index contributed by atoms with van der Waals surface area (Å²) in [6, 6.07) is -0.607. The van der Waals surface area contributed by atoms with Crippen LogP contribution in [0.4, 0.5) is 18.9 Å². The van der Waals surface area contributed by atoms with E-state index in [-0.39, 0.29) is 10.6 Å². The highest BCUT2D eigenvalue weighted by Gasteiger charge is 2.36. The Morgan fingerprint density at radius 2 is 2.00 bits per heavy atom. The van der Waals surface area contributed by atoms with Gasteiger partial charge in [0.1, 0.15) is 21.8 Å². The molecule has 0 aliphatic rings. The van der Waals surface area contributed by atoms with Crippen LogP contribution in [0.1, 0.15) is 23.5 Å². The SMILES string of the molecule is CC(C)N(CC(F)(F)F)C(=O)c1sc2nccnc2c1N. The Hall–Kier alpha value is -1.90. The number of hydrogen-bond donors (Lipinski definition) is 1. The number of rotatable bonds is 3. The molecular weight excluding hydrogens is 305 g/mol. The Labute approximate surface area is 122 Å². The molecule has 1 amide bonds. The maximum Gasteiger partial charge on any atom is 0.406 e. The first kappa shape index (κ1) is 15.5. The van der Waals surface area contributed by atoms with Crippen LogP contribution in [-0.4, -0.2) is 39.5 Å². The molecule has 114 valence electrons. The third-order valence-electron chi connectivity index (χ3n) is 2.79. The van der Waals surface area contributed by atoms with Crippen molar-refractivity contribution in [3.05, 3.63) is 17.3 Å². The molecule has 2 N–H and O–H groups in total. The summed E-state index contributed by atoms with van der Waals surface area (Å²) >= 11 is 0.947. The lowest BCUT2D eigenvalue weighted by Gasteiger charge is -2.27. The summed E-state index contributed by atoms with van der Waals surface area (Å²) in [5, 5.41) is 0. The van der Waals surface area contributed by atoms with E-state index >= 15 is 0 Å². The number of carbonyl (C=O) groups excluding carboxylic acids is 1. The minimum Gasteiger partial charge on any atom is -0.396 e. The largest absolute Gasteiger partial charge is 0.406 e. The van der Waals surface area contributed by atoms with Gasteiger partial charge in [0.15, 0.2) is 0 Å². The zero-order chi connectivity index (χ0) is 15.8. The van der Waals surface area contributed by atoms with Crippen molar-refractivity contribution in [1.82, 2.24) is 14.9 Å². The minimum absolute atomic E-state index is 0.0363. The molecule has 21 heavy (non-hydrogen) atoms. The highest BCUT2D eigenvalue weighted by atomic mass is 32.1. The lowest BCUT2D eigenvalue weighted by atomic mass is 10.2. The molecule has 2 rings (SSSR count). The quantitative estimate of drug-likeness (QED) is 0.944. The molecule has 0 aromatic carbocycles. The van der Waals surface area contributed by atoms with E-state index in [2.05, 4.69) is 9.97 Å². The van der Waals surface area contributed by atoms with Crippen molar-refractivity contribution in [2.45, 2.75) is 26.1 Å². The van der Waals surface area contributed by atoms with E-state index in [9.17, 15) is 18.0 Å². The maximum atomic E-state index is 12.6. The van der Waals surface area contributed by atoms with E-state index in [1.54, 1.807) is 0 Å². The Kier molecular flexibility index (Phi) is 4.04. The number of halogens is 3. The average molecular weight is 318 g/mol. The van der Waals surface area contributed by atoms with E-state index in [0.717, 1.165) is 16.2 Å². The van der Waals surface area contributed by atoms with Crippen molar-refractivity contribution in [1.29, 1.82) is 0 Å². The molecule has 0 aliphatic heterocycles. The lowest BCUT2D eigenvalue weighted by molar-refractivity contribution is -0.143. The van der Waals surface area contributed by atoms with Gasteiger partial charge >= 0.3 is 6.18 Å². The number of hydrogen-bond acceptors (Lipinski definition) is 5. The molecule has 2 aromatic heterocycles. The van der Waals surface area contributed by atoms with E-state index in [1.807, 2.05) is 0 Å². The van der Waals surface area contributed by atoms with Gasteiger partial charge in [0.05, 0.1) is 5.69 Å². The van der Waals surface area contributed by atoms with Gasteiger partial charge in [0.2, 0.25) is 0 Å². The van der Waals surface area contributed by atoms with Gasteiger partial charge < -0.3 is 10.6 Å². The molecule has 5 nitrogen and oxygen atoms in total. The number of thiophene rings is 1. The topological polar surface area (TPSA) is 72.1 Å². The van der Waals surface area contributed by atoms with Gasteiger partial charge in [-0.2, -0.15) is 13.2 Å². The fourth-order valence-corrected chi connectivity index (χ4v) is 2.79. The number of aromatic nitrogens is 2. The second-order valence-electron chi connectivity index (χ2n) is 4.70. The minimum atomic E-state index is -4.47. The zero-order valence-corrected chi connectivity index (χ0v) is 12.1. The summed E-state index contributed by atoms with van der Waals surface area (Å²) < 4.78 is 37.8. The second kappa shape index (κ2) is 5.47. The Morgan fingerprint density at radius 1 is 1.38 bits per heavy atom. The smallest absolute Gasteiger partial charge is 0.396 e. The maximum absolute atomic E-state index is 12.6. The van der Waals surface area contributed by atoms with Crippen molar-refractivity contribution < 1.29 is 18.0 Å². The fourth-order valence-electron chi connectivity index (χ4n) is 1.82.